The Kier molecular flexibility index (Phi) is 9.54. The molecule has 1 saturated heterocycles. The number of anilines is 3. The third-order valence-electron chi connectivity index (χ3n) is 8.46. The van der Waals surface area contributed by atoms with Gasteiger partial charge < -0.3 is 15.0 Å². The van der Waals surface area contributed by atoms with Crippen molar-refractivity contribution in [1.82, 2.24) is 19.2 Å². The zero-order chi connectivity index (χ0) is 29.2. The van der Waals surface area contributed by atoms with Crippen LogP contribution in [0.1, 0.15) is 57.7 Å². The van der Waals surface area contributed by atoms with Crippen molar-refractivity contribution < 1.29 is 13.2 Å². The van der Waals surface area contributed by atoms with Crippen molar-refractivity contribution in [2.24, 2.45) is 5.92 Å². The van der Waals surface area contributed by atoms with Crippen molar-refractivity contribution in [2.75, 3.05) is 56.8 Å². The number of rotatable bonds is 8. The zero-order valence-electron chi connectivity index (χ0n) is 25.0. The van der Waals surface area contributed by atoms with E-state index in [9.17, 15) is 8.42 Å². The fraction of sp³-hybridized carbons (Fsp3) is 0.655. The molecule has 1 aliphatic carbocycles. The lowest BCUT2D eigenvalue weighted by Crippen LogP contribution is -2.53. The van der Waals surface area contributed by atoms with E-state index in [2.05, 4.69) is 59.9 Å². The molecule has 1 saturated carbocycles. The van der Waals surface area contributed by atoms with Crippen LogP contribution >= 0.6 is 11.6 Å². The standard InChI is InChI=1S/C29H45ClN6O3S/c1-20-16-24(27(39-6)18-26(20)35-12-14-36(15-13-35)29(2,3)4)33-28-31-19-22(30)23(32-28)17-21-10-8-9-11-25(21)34(5)40(7,37)38/h16,18-19,21,25H,8-15,17H2,1-7H3,(H,31,32,33)/t21-,25+/m0/s1. The van der Waals surface area contributed by atoms with E-state index in [1.54, 1.807) is 20.4 Å². The van der Waals surface area contributed by atoms with Gasteiger partial charge in [-0.15, -0.1) is 0 Å². The van der Waals surface area contributed by atoms with Crippen molar-refractivity contribution >= 4 is 38.9 Å². The molecule has 0 bridgehead atoms. The molecule has 9 nitrogen and oxygen atoms in total. The minimum Gasteiger partial charge on any atom is -0.494 e. The summed E-state index contributed by atoms with van der Waals surface area (Å²) in [5, 5.41) is 3.84. The third kappa shape index (κ3) is 7.19. The first-order valence-electron chi connectivity index (χ1n) is 14.2. The number of ether oxygens (including phenoxy) is 1. The molecule has 1 aromatic carbocycles. The predicted molar refractivity (Wildman–Crippen MR) is 164 cm³/mol. The molecule has 1 N–H and O–H groups in total. The summed E-state index contributed by atoms with van der Waals surface area (Å²) in [6, 6.07) is 4.11. The Morgan fingerprint density at radius 2 is 1.82 bits per heavy atom. The van der Waals surface area contributed by atoms with E-state index < -0.39 is 10.0 Å². The van der Waals surface area contributed by atoms with Gasteiger partial charge in [0.15, 0.2) is 0 Å². The number of halogens is 1. The Morgan fingerprint density at radius 1 is 1.15 bits per heavy atom. The van der Waals surface area contributed by atoms with E-state index in [4.69, 9.17) is 21.3 Å². The first-order valence-corrected chi connectivity index (χ1v) is 16.4. The van der Waals surface area contributed by atoms with E-state index in [1.807, 2.05) is 0 Å². The lowest BCUT2D eigenvalue weighted by atomic mass is 9.81. The molecule has 4 rings (SSSR count). The summed E-state index contributed by atoms with van der Waals surface area (Å²) in [5.74, 6) is 1.30. The molecule has 2 heterocycles. The van der Waals surface area contributed by atoms with Gasteiger partial charge in [0.1, 0.15) is 5.75 Å². The Hall–Kier alpha value is -2.14. The summed E-state index contributed by atoms with van der Waals surface area (Å²) in [7, 11) is 0.0655. The van der Waals surface area contributed by atoms with Crippen molar-refractivity contribution in [3.63, 3.8) is 0 Å². The second-order valence-electron chi connectivity index (χ2n) is 12.2. The molecule has 1 aromatic heterocycles. The van der Waals surface area contributed by atoms with E-state index in [1.165, 1.54) is 16.2 Å². The first kappa shape index (κ1) is 30.8. The maximum atomic E-state index is 12.3. The largest absolute Gasteiger partial charge is 0.494 e. The molecule has 1 aliphatic heterocycles. The van der Waals surface area contributed by atoms with Crippen LogP contribution in [0.25, 0.3) is 0 Å². The number of aryl methyl sites for hydroxylation is 1. The smallest absolute Gasteiger partial charge is 0.227 e. The van der Waals surface area contributed by atoms with Gasteiger partial charge in [-0.05, 0) is 64.5 Å². The fourth-order valence-electron chi connectivity index (χ4n) is 6.03. The number of piperazine rings is 1. The maximum absolute atomic E-state index is 12.3. The molecule has 2 atom stereocenters. The fourth-order valence-corrected chi connectivity index (χ4v) is 6.97. The molecular weight excluding hydrogens is 548 g/mol. The molecule has 40 heavy (non-hydrogen) atoms. The highest BCUT2D eigenvalue weighted by molar-refractivity contribution is 7.88. The number of hydrogen-bond acceptors (Lipinski definition) is 8. The average molecular weight is 593 g/mol. The highest BCUT2D eigenvalue weighted by Gasteiger charge is 2.33. The first-order chi connectivity index (χ1) is 18.8. The summed E-state index contributed by atoms with van der Waals surface area (Å²) < 4.78 is 31.8. The van der Waals surface area contributed by atoms with Crippen LogP contribution in [-0.2, 0) is 16.4 Å². The number of benzene rings is 1. The van der Waals surface area contributed by atoms with E-state index in [0.717, 1.165) is 74.6 Å². The number of sulfonamides is 1. The number of methoxy groups -OCH3 is 1. The molecule has 0 spiro atoms. The summed E-state index contributed by atoms with van der Waals surface area (Å²) in [4.78, 5) is 14.2. The van der Waals surface area contributed by atoms with Crippen LogP contribution in [-0.4, -0.2) is 85.8 Å². The molecule has 11 heteroatoms. The molecule has 2 aliphatic rings. The highest BCUT2D eigenvalue weighted by Crippen LogP contribution is 2.36. The molecular formula is C29H45ClN6O3S. The molecule has 2 aromatic rings. The van der Waals surface area contributed by atoms with Crippen LogP contribution in [0.4, 0.5) is 17.3 Å². The monoisotopic (exact) mass is 592 g/mol. The Bertz CT molecular complexity index is 1290. The van der Waals surface area contributed by atoms with Gasteiger partial charge in [-0.25, -0.2) is 22.7 Å². The van der Waals surface area contributed by atoms with Gasteiger partial charge in [0.05, 0.1) is 36.0 Å². The summed E-state index contributed by atoms with van der Waals surface area (Å²) in [6.07, 6.45) is 7.35. The quantitative estimate of drug-likeness (QED) is 0.452. The highest BCUT2D eigenvalue weighted by atomic mass is 35.5. The van der Waals surface area contributed by atoms with E-state index >= 15 is 0 Å². The molecule has 0 radical (unpaired) electrons. The minimum absolute atomic E-state index is 0.0632. The van der Waals surface area contributed by atoms with E-state index in [0.29, 0.717) is 17.4 Å². The van der Waals surface area contributed by atoms with Crippen molar-refractivity contribution in [1.29, 1.82) is 0 Å². The summed E-state index contributed by atoms with van der Waals surface area (Å²) in [5.41, 5.74) is 4.01. The van der Waals surface area contributed by atoms with Crippen LogP contribution in [0.2, 0.25) is 5.02 Å². The van der Waals surface area contributed by atoms with Crippen molar-refractivity contribution in [3.05, 3.63) is 34.6 Å². The SMILES string of the molecule is COc1cc(N2CCN(C(C)(C)C)CC2)c(C)cc1Nc1ncc(Cl)c(C[C@@H]2CCCC[C@H]2N(C)S(C)(=O)=O)n1. The zero-order valence-corrected chi connectivity index (χ0v) is 26.6. The predicted octanol–water partition coefficient (Wildman–Crippen LogP) is 5.10. The van der Waals surface area contributed by atoms with Gasteiger partial charge in [-0.1, -0.05) is 24.4 Å². The van der Waals surface area contributed by atoms with Crippen molar-refractivity contribution in [3.8, 4) is 5.75 Å². The molecule has 0 unspecified atom stereocenters. The van der Waals surface area contributed by atoms with Gasteiger partial charge in [0, 0.05) is 56.6 Å². The Labute approximate surface area is 245 Å². The van der Waals surface area contributed by atoms with Crippen LogP contribution in [0, 0.1) is 12.8 Å². The number of nitrogens with zero attached hydrogens (tertiary/aromatic N) is 5. The summed E-state index contributed by atoms with van der Waals surface area (Å²) in [6.45, 7) is 12.9. The normalized spacial score (nSPS) is 21.1. The molecule has 0 amide bonds. The lowest BCUT2D eigenvalue weighted by molar-refractivity contribution is 0.128. The van der Waals surface area contributed by atoms with E-state index in [-0.39, 0.29) is 17.5 Å². The second kappa shape index (κ2) is 12.4. The lowest BCUT2D eigenvalue weighted by Gasteiger charge is -2.43. The van der Waals surface area contributed by atoms with Crippen LogP contribution in [0.5, 0.6) is 5.75 Å². The van der Waals surface area contributed by atoms with Crippen molar-refractivity contribution in [2.45, 2.75) is 71.4 Å². The van der Waals surface area contributed by atoms with Gasteiger partial charge in [-0.3, -0.25) is 4.90 Å². The second-order valence-corrected chi connectivity index (χ2v) is 14.6. The van der Waals surface area contributed by atoms with Crippen LogP contribution in [0.15, 0.2) is 18.3 Å². The number of nitrogens with one attached hydrogen (secondary N) is 1. The third-order valence-corrected chi connectivity index (χ3v) is 10.1. The Balaban J connectivity index is 1.52. The van der Waals surface area contributed by atoms with Gasteiger partial charge in [-0.2, -0.15) is 0 Å². The number of aromatic nitrogens is 2. The maximum Gasteiger partial charge on any atom is 0.227 e. The molecule has 2 fully saturated rings. The number of hydrogen-bond donors (Lipinski definition) is 1. The Morgan fingerprint density at radius 3 is 2.45 bits per heavy atom. The average Bonchev–Trinajstić information content (AvgIpc) is 2.90. The van der Waals surface area contributed by atoms with Crippen LogP contribution in [0.3, 0.4) is 0 Å². The summed E-state index contributed by atoms with van der Waals surface area (Å²) >= 11 is 6.55. The van der Waals surface area contributed by atoms with Gasteiger partial charge >= 0.3 is 0 Å². The molecule has 222 valence electrons. The minimum atomic E-state index is -3.28. The van der Waals surface area contributed by atoms with Gasteiger partial charge in [0.25, 0.3) is 0 Å². The van der Waals surface area contributed by atoms with Gasteiger partial charge in [0.2, 0.25) is 16.0 Å². The van der Waals surface area contributed by atoms with Crippen LogP contribution < -0.4 is 15.0 Å². The topological polar surface area (TPSA) is 90.9 Å².